The van der Waals surface area contributed by atoms with E-state index in [0.717, 1.165) is 24.8 Å². The van der Waals surface area contributed by atoms with Gasteiger partial charge in [-0.05, 0) is 48.9 Å². The van der Waals surface area contributed by atoms with Gasteiger partial charge in [0.05, 0.1) is 11.4 Å². The highest BCUT2D eigenvalue weighted by Gasteiger charge is 2.17. The zero-order valence-corrected chi connectivity index (χ0v) is 11.8. The normalized spacial score (nSPS) is 15.0. The van der Waals surface area contributed by atoms with Gasteiger partial charge in [0.1, 0.15) is 12.2 Å². The van der Waals surface area contributed by atoms with Crippen molar-refractivity contribution < 1.29 is 8.42 Å². The summed E-state index contributed by atoms with van der Waals surface area (Å²) in [5.41, 5.74) is 2.42. The molecule has 0 unspecified atom stereocenters. The molecule has 1 aliphatic rings. The van der Waals surface area contributed by atoms with Gasteiger partial charge in [0.25, 0.3) is 0 Å². The fourth-order valence-electron chi connectivity index (χ4n) is 2.44. The fourth-order valence-corrected chi connectivity index (χ4v) is 3.48. The van der Waals surface area contributed by atoms with Gasteiger partial charge >= 0.3 is 0 Å². The number of nitrogens with one attached hydrogen (secondary N) is 2. The lowest BCUT2D eigenvalue weighted by Gasteiger charge is -2.16. The Bertz CT molecular complexity index is 695. The highest BCUT2D eigenvalue weighted by molar-refractivity contribution is 7.89. The summed E-state index contributed by atoms with van der Waals surface area (Å²) in [5, 5.41) is 6.31. The predicted octanol–water partition coefficient (Wildman–Crippen LogP) is 1.16. The Morgan fingerprint density at radius 1 is 1.20 bits per heavy atom. The van der Waals surface area contributed by atoms with Gasteiger partial charge in [-0.3, -0.25) is 5.10 Å². The highest BCUT2D eigenvalue weighted by atomic mass is 32.2. The van der Waals surface area contributed by atoms with Crippen LogP contribution in [0.5, 0.6) is 0 Å². The lowest BCUT2D eigenvalue weighted by Crippen LogP contribution is -2.24. The second kappa shape index (κ2) is 5.34. The van der Waals surface area contributed by atoms with Crippen molar-refractivity contribution in [3.63, 3.8) is 0 Å². The van der Waals surface area contributed by atoms with E-state index in [0.29, 0.717) is 10.7 Å². The number of sulfonamides is 1. The van der Waals surface area contributed by atoms with E-state index in [1.807, 2.05) is 6.07 Å². The molecule has 0 saturated heterocycles. The van der Waals surface area contributed by atoms with Crippen molar-refractivity contribution in [1.29, 1.82) is 0 Å². The maximum absolute atomic E-state index is 12.2. The Balaban J connectivity index is 1.80. The standard InChI is InChI=1S/C13H16N4O2S/c18-20(19,16-8-13-14-9-15-17-13)12-6-5-10-3-1-2-4-11(10)7-12/h5-7,9,16H,1-4,8H2,(H,14,15,17). The molecule has 2 N–H and O–H groups in total. The molecule has 0 spiro atoms. The van der Waals surface area contributed by atoms with Gasteiger partial charge in [0.2, 0.25) is 10.0 Å². The summed E-state index contributed by atoms with van der Waals surface area (Å²) >= 11 is 0. The quantitative estimate of drug-likeness (QED) is 0.885. The van der Waals surface area contributed by atoms with Crippen molar-refractivity contribution in [2.45, 2.75) is 37.1 Å². The molecule has 0 fully saturated rings. The van der Waals surface area contributed by atoms with E-state index in [1.54, 1.807) is 12.1 Å². The molecule has 1 aromatic heterocycles. The van der Waals surface area contributed by atoms with Crippen molar-refractivity contribution in [1.82, 2.24) is 19.9 Å². The molecule has 106 valence electrons. The Labute approximate surface area is 117 Å². The summed E-state index contributed by atoms with van der Waals surface area (Å²) in [6.07, 6.45) is 5.66. The third-order valence-electron chi connectivity index (χ3n) is 3.52. The summed E-state index contributed by atoms with van der Waals surface area (Å²) in [7, 11) is -3.51. The number of aryl methyl sites for hydroxylation is 2. The Kier molecular flexibility index (Phi) is 3.54. The lowest BCUT2D eigenvalue weighted by molar-refractivity contribution is 0.578. The average Bonchev–Trinajstić information content (AvgIpc) is 2.98. The first-order valence-corrected chi connectivity index (χ1v) is 8.09. The number of benzene rings is 1. The van der Waals surface area contributed by atoms with Gasteiger partial charge in [0, 0.05) is 0 Å². The van der Waals surface area contributed by atoms with Crippen LogP contribution in [0.4, 0.5) is 0 Å². The summed E-state index contributed by atoms with van der Waals surface area (Å²) in [5.74, 6) is 0.492. The van der Waals surface area contributed by atoms with Crippen molar-refractivity contribution in [2.24, 2.45) is 0 Å². The molecule has 3 rings (SSSR count). The molecule has 1 heterocycles. The SMILES string of the molecule is O=S(=O)(NCc1ncn[nH]1)c1ccc2c(c1)CCCC2. The minimum atomic E-state index is -3.51. The van der Waals surface area contributed by atoms with Crippen LogP contribution >= 0.6 is 0 Å². The molecule has 0 amide bonds. The van der Waals surface area contributed by atoms with Crippen LogP contribution in [0.3, 0.4) is 0 Å². The molecule has 6 nitrogen and oxygen atoms in total. The van der Waals surface area contributed by atoms with Crippen molar-refractivity contribution in [2.75, 3.05) is 0 Å². The monoisotopic (exact) mass is 292 g/mol. The topological polar surface area (TPSA) is 87.7 Å². The number of nitrogens with zero attached hydrogens (tertiary/aromatic N) is 2. The molecule has 2 aromatic rings. The molecule has 0 aliphatic heterocycles. The van der Waals surface area contributed by atoms with E-state index < -0.39 is 10.0 Å². The fraction of sp³-hybridized carbons (Fsp3) is 0.385. The minimum Gasteiger partial charge on any atom is -0.262 e. The first-order chi connectivity index (χ1) is 9.65. The van der Waals surface area contributed by atoms with Gasteiger partial charge in [-0.15, -0.1) is 0 Å². The number of aromatic nitrogens is 3. The summed E-state index contributed by atoms with van der Waals surface area (Å²) in [4.78, 5) is 4.21. The van der Waals surface area contributed by atoms with Crippen LogP contribution in [0.15, 0.2) is 29.4 Å². The molecule has 20 heavy (non-hydrogen) atoms. The van der Waals surface area contributed by atoms with Crippen LogP contribution in [0.1, 0.15) is 29.8 Å². The zero-order valence-electron chi connectivity index (χ0n) is 11.0. The molecule has 0 saturated carbocycles. The number of rotatable bonds is 4. The molecule has 1 aromatic carbocycles. The smallest absolute Gasteiger partial charge is 0.240 e. The largest absolute Gasteiger partial charge is 0.262 e. The van der Waals surface area contributed by atoms with Crippen molar-refractivity contribution in [3.8, 4) is 0 Å². The van der Waals surface area contributed by atoms with Crippen LogP contribution in [0, 0.1) is 0 Å². The van der Waals surface area contributed by atoms with E-state index in [1.165, 1.54) is 18.3 Å². The number of H-pyrrole nitrogens is 1. The minimum absolute atomic E-state index is 0.111. The van der Waals surface area contributed by atoms with E-state index in [4.69, 9.17) is 0 Å². The predicted molar refractivity (Wildman–Crippen MR) is 73.5 cm³/mol. The van der Waals surface area contributed by atoms with E-state index >= 15 is 0 Å². The van der Waals surface area contributed by atoms with E-state index in [2.05, 4.69) is 19.9 Å². The molecule has 7 heteroatoms. The highest BCUT2D eigenvalue weighted by Crippen LogP contribution is 2.24. The second-order valence-corrected chi connectivity index (χ2v) is 6.66. The lowest BCUT2D eigenvalue weighted by atomic mass is 9.92. The number of aromatic amines is 1. The van der Waals surface area contributed by atoms with Crippen LogP contribution in [-0.4, -0.2) is 23.6 Å². The van der Waals surface area contributed by atoms with Gasteiger partial charge in [0.15, 0.2) is 0 Å². The van der Waals surface area contributed by atoms with Crippen LogP contribution < -0.4 is 4.72 Å². The Morgan fingerprint density at radius 2 is 2.00 bits per heavy atom. The van der Waals surface area contributed by atoms with E-state index in [-0.39, 0.29) is 6.54 Å². The average molecular weight is 292 g/mol. The maximum Gasteiger partial charge on any atom is 0.240 e. The van der Waals surface area contributed by atoms with Gasteiger partial charge < -0.3 is 0 Å². The third-order valence-corrected chi connectivity index (χ3v) is 4.92. The summed E-state index contributed by atoms with van der Waals surface area (Å²) < 4.78 is 27.0. The first-order valence-electron chi connectivity index (χ1n) is 6.61. The van der Waals surface area contributed by atoms with Crippen molar-refractivity contribution in [3.05, 3.63) is 41.5 Å². The number of hydrogen-bond acceptors (Lipinski definition) is 4. The zero-order chi connectivity index (χ0) is 14.0. The molecule has 0 bridgehead atoms. The van der Waals surface area contributed by atoms with Crippen LogP contribution in [0.25, 0.3) is 0 Å². The molecular formula is C13H16N4O2S. The van der Waals surface area contributed by atoms with Crippen LogP contribution in [0.2, 0.25) is 0 Å². The Hall–Kier alpha value is -1.73. The second-order valence-electron chi connectivity index (χ2n) is 4.89. The summed E-state index contributed by atoms with van der Waals surface area (Å²) in [6, 6.07) is 5.39. The van der Waals surface area contributed by atoms with Gasteiger partial charge in [-0.2, -0.15) is 5.10 Å². The molecular weight excluding hydrogens is 276 g/mol. The van der Waals surface area contributed by atoms with Gasteiger partial charge in [-0.1, -0.05) is 6.07 Å². The number of hydrogen-bond donors (Lipinski definition) is 2. The van der Waals surface area contributed by atoms with Crippen molar-refractivity contribution >= 4 is 10.0 Å². The van der Waals surface area contributed by atoms with E-state index in [9.17, 15) is 8.42 Å². The van der Waals surface area contributed by atoms with Gasteiger partial charge in [-0.25, -0.2) is 18.1 Å². The maximum atomic E-state index is 12.2. The molecule has 0 radical (unpaired) electrons. The van der Waals surface area contributed by atoms with Crippen LogP contribution in [-0.2, 0) is 29.4 Å². The number of fused-ring (bicyclic) bond motifs is 1. The summed E-state index contributed by atoms with van der Waals surface area (Å²) in [6.45, 7) is 0.111. The first kappa shape index (κ1) is 13.3. The Morgan fingerprint density at radius 3 is 2.75 bits per heavy atom. The molecule has 1 aliphatic carbocycles. The third kappa shape index (κ3) is 2.73. The molecule has 0 atom stereocenters.